The highest BCUT2D eigenvalue weighted by molar-refractivity contribution is 6.09. The van der Waals surface area contributed by atoms with Crippen molar-refractivity contribution in [2.45, 2.75) is 0 Å². The van der Waals surface area contributed by atoms with E-state index in [1.807, 2.05) is 0 Å². The van der Waals surface area contributed by atoms with Gasteiger partial charge in [0.15, 0.2) is 6.29 Å². The first kappa shape index (κ1) is 6.84. The molecule has 0 saturated carbocycles. The molecule has 1 amide bonds. The van der Waals surface area contributed by atoms with E-state index in [4.69, 9.17) is 5.21 Å². The van der Waals surface area contributed by atoms with Gasteiger partial charge in [0.25, 0.3) is 5.91 Å². The van der Waals surface area contributed by atoms with Crippen LogP contribution >= 0.6 is 0 Å². The van der Waals surface area contributed by atoms with E-state index in [1.54, 1.807) is 0 Å². The summed E-state index contributed by atoms with van der Waals surface area (Å²) in [4.78, 5) is 19.7. The number of hydrogen-bond acceptors (Lipinski definition) is 3. The summed E-state index contributed by atoms with van der Waals surface area (Å²) in [7, 11) is 0. The summed E-state index contributed by atoms with van der Waals surface area (Å²) in [5.74, 6) is -0.875. The van der Waals surface area contributed by atoms with Crippen molar-refractivity contribution in [3.63, 3.8) is 0 Å². The van der Waals surface area contributed by atoms with E-state index in [1.165, 1.54) is 5.48 Å². The molecule has 44 valence electrons. The maximum Gasteiger partial charge on any atom is 0.277 e. The van der Waals surface area contributed by atoms with E-state index < -0.39 is 5.91 Å². The molecular weight excluding hydrogens is 110 g/mol. The van der Waals surface area contributed by atoms with Crippen molar-refractivity contribution in [3.8, 4) is 0 Å². The number of carbonyl (C=O) groups excluding carboxylic acids is 2. The number of nitrogens with one attached hydrogen (secondary N) is 1. The van der Waals surface area contributed by atoms with Crippen LogP contribution in [0.25, 0.3) is 0 Å². The lowest BCUT2D eigenvalue weighted by Crippen LogP contribution is -2.20. The molecule has 0 unspecified atom stereocenters. The Bertz CT molecular complexity index is 129. The number of rotatable bonds is 2. The minimum atomic E-state index is -0.875. The molecule has 0 aromatic rings. The summed E-state index contributed by atoms with van der Waals surface area (Å²) in [5, 5.41) is 7.82. The van der Waals surface area contributed by atoms with Gasteiger partial charge in [-0.25, -0.2) is 5.48 Å². The molecule has 0 saturated heterocycles. The lowest BCUT2D eigenvalue weighted by molar-refractivity contribution is -0.126. The number of hydroxylamine groups is 1. The van der Waals surface area contributed by atoms with Crippen molar-refractivity contribution in [1.29, 1.82) is 0 Å². The zero-order valence-electron chi connectivity index (χ0n) is 4.05. The van der Waals surface area contributed by atoms with Gasteiger partial charge in [-0.3, -0.25) is 14.8 Å². The summed E-state index contributed by atoms with van der Waals surface area (Å²) >= 11 is 0. The first-order chi connectivity index (χ1) is 3.72. The molecular formula is C4H5NO3. The average Bonchev–Trinajstić information content (AvgIpc) is 1.84. The monoisotopic (exact) mass is 115 g/mol. The molecule has 2 N–H and O–H groups in total. The molecule has 0 aromatic heterocycles. The molecule has 0 rings (SSSR count). The van der Waals surface area contributed by atoms with Crippen LogP contribution in [0.2, 0.25) is 0 Å². The SMILES string of the molecule is C=C(C=O)C(=O)NO. The molecule has 0 aromatic carbocycles. The van der Waals surface area contributed by atoms with E-state index in [0.717, 1.165) is 0 Å². The highest BCUT2D eigenvalue weighted by atomic mass is 16.5. The largest absolute Gasteiger partial charge is 0.298 e. The minimum Gasteiger partial charge on any atom is -0.298 e. The van der Waals surface area contributed by atoms with E-state index in [-0.39, 0.29) is 11.9 Å². The third-order valence-electron chi connectivity index (χ3n) is 0.535. The molecule has 4 heteroatoms. The molecule has 0 heterocycles. The van der Waals surface area contributed by atoms with Gasteiger partial charge in [0.2, 0.25) is 0 Å². The van der Waals surface area contributed by atoms with E-state index >= 15 is 0 Å². The second kappa shape index (κ2) is 2.92. The minimum absolute atomic E-state index is 0.256. The predicted octanol–water partition coefficient (Wildman–Crippen LogP) is -0.753. The van der Waals surface area contributed by atoms with Crippen LogP contribution in [-0.4, -0.2) is 17.4 Å². The van der Waals surface area contributed by atoms with Crippen LogP contribution in [0.15, 0.2) is 12.2 Å². The molecule has 4 nitrogen and oxygen atoms in total. The number of hydrogen-bond donors (Lipinski definition) is 2. The molecule has 0 fully saturated rings. The third kappa shape index (κ3) is 1.53. The number of aldehydes is 1. The third-order valence-corrected chi connectivity index (χ3v) is 0.535. The number of carbonyl (C=O) groups is 2. The first-order valence-corrected chi connectivity index (χ1v) is 1.81. The van der Waals surface area contributed by atoms with Crippen molar-refractivity contribution in [2.75, 3.05) is 0 Å². The normalized spacial score (nSPS) is 7.62. The second-order valence-electron chi connectivity index (χ2n) is 1.08. The molecule has 0 aliphatic rings. The van der Waals surface area contributed by atoms with Gasteiger partial charge in [-0.15, -0.1) is 0 Å². The Morgan fingerprint density at radius 2 is 2.25 bits per heavy atom. The first-order valence-electron chi connectivity index (χ1n) is 1.81. The Kier molecular flexibility index (Phi) is 2.50. The fraction of sp³-hybridized carbons (Fsp3) is 0. The van der Waals surface area contributed by atoms with Crippen LogP contribution in [-0.2, 0) is 9.59 Å². The van der Waals surface area contributed by atoms with Crippen molar-refractivity contribution in [3.05, 3.63) is 12.2 Å². The topological polar surface area (TPSA) is 66.4 Å². The summed E-state index contributed by atoms with van der Waals surface area (Å²) in [6, 6.07) is 0. The van der Waals surface area contributed by atoms with Crippen LogP contribution in [0.3, 0.4) is 0 Å². The summed E-state index contributed by atoms with van der Waals surface area (Å²) in [6.07, 6.45) is 0.256. The van der Waals surface area contributed by atoms with Crippen LogP contribution < -0.4 is 5.48 Å². The molecule has 0 bridgehead atoms. The highest BCUT2D eigenvalue weighted by Crippen LogP contribution is 1.79. The van der Waals surface area contributed by atoms with Gasteiger partial charge in [0.05, 0.1) is 5.57 Å². The Balaban J connectivity index is 3.82. The van der Waals surface area contributed by atoms with Crippen LogP contribution in [0, 0.1) is 0 Å². The maximum absolute atomic E-state index is 10.1. The molecule has 8 heavy (non-hydrogen) atoms. The Hall–Kier alpha value is -1.16. The highest BCUT2D eigenvalue weighted by Gasteiger charge is 2.00. The van der Waals surface area contributed by atoms with E-state index in [9.17, 15) is 9.59 Å². The zero-order chi connectivity index (χ0) is 6.57. The van der Waals surface area contributed by atoms with Crippen molar-refractivity contribution < 1.29 is 14.8 Å². The van der Waals surface area contributed by atoms with Crippen LogP contribution in [0.1, 0.15) is 0 Å². The van der Waals surface area contributed by atoms with Gasteiger partial charge in [0, 0.05) is 0 Å². The number of amides is 1. The van der Waals surface area contributed by atoms with Gasteiger partial charge in [-0.2, -0.15) is 0 Å². The van der Waals surface area contributed by atoms with Gasteiger partial charge in [-0.1, -0.05) is 6.58 Å². The van der Waals surface area contributed by atoms with Gasteiger partial charge < -0.3 is 0 Å². The smallest absolute Gasteiger partial charge is 0.277 e. The van der Waals surface area contributed by atoms with Crippen LogP contribution in [0.4, 0.5) is 0 Å². The van der Waals surface area contributed by atoms with Crippen molar-refractivity contribution in [1.82, 2.24) is 5.48 Å². The Labute approximate surface area is 45.8 Å². The zero-order valence-corrected chi connectivity index (χ0v) is 4.05. The lowest BCUT2D eigenvalue weighted by Gasteiger charge is -1.89. The maximum atomic E-state index is 10.1. The second-order valence-corrected chi connectivity index (χ2v) is 1.08. The Morgan fingerprint density at radius 3 is 2.38 bits per heavy atom. The molecule has 0 aliphatic carbocycles. The summed E-state index contributed by atoms with van der Waals surface area (Å²) < 4.78 is 0. The molecule has 0 aliphatic heterocycles. The molecule has 0 spiro atoms. The summed E-state index contributed by atoms with van der Waals surface area (Å²) in [6.45, 7) is 3.00. The Morgan fingerprint density at radius 1 is 1.75 bits per heavy atom. The van der Waals surface area contributed by atoms with Gasteiger partial charge >= 0.3 is 0 Å². The fourth-order valence-corrected chi connectivity index (χ4v) is 0.125. The fourth-order valence-electron chi connectivity index (χ4n) is 0.125. The van der Waals surface area contributed by atoms with E-state index in [2.05, 4.69) is 6.58 Å². The van der Waals surface area contributed by atoms with Gasteiger partial charge in [-0.05, 0) is 0 Å². The van der Waals surface area contributed by atoms with Crippen LogP contribution in [0.5, 0.6) is 0 Å². The molecule has 0 atom stereocenters. The summed E-state index contributed by atoms with van der Waals surface area (Å²) in [5.41, 5.74) is 0.947. The predicted molar refractivity (Wildman–Crippen MR) is 25.1 cm³/mol. The van der Waals surface area contributed by atoms with E-state index in [0.29, 0.717) is 0 Å². The van der Waals surface area contributed by atoms with Crippen molar-refractivity contribution in [2.24, 2.45) is 0 Å². The van der Waals surface area contributed by atoms with Crippen molar-refractivity contribution >= 4 is 12.2 Å². The average molecular weight is 115 g/mol. The standard InChI is InChI=1S/C4H5NO3/c1-3(2-6)4(7)5-8/h2,8H,1H2,(H,5,7). The lowest BCUT2D eigenvalue weighted by atomic mass is 10.3. The molecule has 0 radical (unpaired) electrons. The quantitative estimate of drug-likeness (QED) is 0.124. The van der Waals surface area contributed by atoms with Gasteiger partial charge in [0.1, 0.15) is 0 Å².